The summed E-state index contributed by atoms with van der Waals surface area (Å²) >= 11 is 3.40. The van der Waals surface area contributed by atoms with E-state index in [2.05, 4.69) is 21.2 Å². The predicted molar refractivity (Wildman–Crippen MR) is 88.8 cm³/mol. The van der Waals surface area contributed by atoms with Crippen molar-refractivity contribution in [1.82, 2.24) is 5.32 Å². The Kier molecular flexibility index (Phi) is 7.47. The number of benzene rings is 1. The Morgan fingerprint density at radius 3 is 2.73 bits per heavy atom. The molecule has 0 aliphatic carbocycles. The lowest BCUT2D eigenvalue weighted by Crippen LogP contribution is -2.25. The number of hydrogen-bond donors (Lipinski definition) is 1. The molecule has 118 valence electrons. The number of amides is 1. The van der Waals surface area contributed by atoms with E-state index in [0.717, 1.165) is 6.42 Å². The van der Waals surface area contributed by atoms with Crippen molar-refractivity contribution in [2.45, 2.75) is 20.3 Å². The Hall–Kier alpha value is -2.00. The van der Waals surface area contributed by atoms with Crippen LogP contribution in [0.4, 0.5) is 0 Å². The van der Waals surface area contributed by atoms with Gasteiger partial charge < -0.3 is 14.8 Å². The van der Waals surface area contributed by atoms with Crippen molar-refractivity contribution in [2.24, 2.45) is 0 Å². The Morgan fingerprint density at radius 2 is 2.18 bits per heavy atom. The summed E-state index contributed by atoms with van der Waals surface area (Å²) in [7, 11) is 1.55. The number of hydrogen-bond acceptors (Lipinski definition) is 4. The van der Waals surface area contributed by atoms with Gasteiger partial charge in [0.1, 0.15) is 11.6 Å². The van der Waals surface area contributed by atoms with E-state index in [1.807, 2.05) is 19.9 Å². The van der Waals surface area contributed by atoms with Crippen molar-refractivity contribution < 1.29 is 14.3 Å². The molecule has 0 saturated heterocycles. The molecule has 0 fully saturated rings. The predicted octanol–water partition coefficient (Wildman–Crippen LogP) is 3.29. The summed E-state index contributed by atoms with van der Waals surface area (Å²) in [6.07, 6.45) is 2.34. The maximum Gasteiger partial charge on any atom is 0.261 e. The lowest BCUT2D eigenvalue weighted by molar-refractivity contribution is -0.117. The number of rotatable bonds is 7. The van der Waals surface area contributed by atoms with E-state index in [1.165, 1.54) is 6.08 Å². The van der Waals surface area contributed by atoms with Gasteiger partial charge in [-0.1, -0.05) is 6.92 Å². The third kappa shape index (κ3) is 4.78. The first-order chi connectivity index (χ1) is 10.6. The smallest absolute Gasteiger partial charge is 0.261 e. The van der Waals surface area contributed by atoms with E-state index in [9.17, 15) is 4.79 Å². The zero-order valence-corrected chi connectivity index (χ0v) is 14.5. The third-order valence-corrected chi connectivity index (χ3v) is 3.34. The molecule has 22 heavy (non-hydrogen) atoms. The molecule has 1 amide bonds. The highest BCUT2D eigenvalue weighted by molar-refractivity contribution is 9.10. The lowest BCUT2D eigenvalue weighted by atomic mass is 10.1. The van der Waals surface area contributed by atoms with Crippen LogP contribution in [-0.2, 0) is 4.79 Å². The van der Waals surface area contributed by atoms with Crippen LogP contribution in [-0.4, -0.2) is 26.2 Å². The number of carbonyl (C=O) groups excluding carboxylic acids is 1. The molecule has 0 aliphatic rings. The highest BCUT2D eigenvalue weighted by Crippen LogP contribution is 2.37. The number of halogens is 1. The van der Waals surface area contributed by atoms with E-state index >= 15 is 0 Å². The van der Waals surface area contributed by atoms with Crippen molar-refractivity contribution in [3.05, 3.63) is 27.7 Å². The third-order valence-electron chi connectivity index (χ3n) is 2.75. The molecule has 1 aromatic carbocycles. The van der Waals surface area contributed by atoms with Gasteiger partial charge in [0.2, 0.25) is 0 Å². The molecule has 0 radical (unpaired) electrons. The molecular formula is C16H19BrN2O3. The SMILES string of the molecule is CCCNC(=O)/C(C#N)=C/c1cc(Br)c(OC)c(OCC)c1. The summed E-state index contributed by atoms with van der Waals surface area (Å²) < 4.78 is 11.5. The van der Waals surface area contributed by atoms with Crippen molar-refractivity contribution in [1.29, 1.82) is 5.26 Å². The number of methoxy groups -OCH3 is 1. The van der Waals surface area contributed by atoms with Gasteiger partial charge in [0.15, 0.2) is 11.5 Å². The normalized spacial score (nSPS) is 10.8. The van der Waals surface area contributed by atoms with Gasteiger partial charge in [-0.25, -0.2) is 0 Å². The van der Waals surface area contributed by atoms with Gasteiger partial charge >= 0.3 is 0 Å². The van der Waals surface area contributed by atoms with E-state index in [0.29, 0.717) is 34.7 Å². The second-order valence-electron chi connectivity index (χ2n) is 4.39. The molecular weight excluding hydrogens is 348 g/mol. The molecule has 0 heterocycles. The molecule has 0 spiro atoms. The Balaban J connectivity index is 3.17. The molecule has 1 aromatic rings. The van der Waals surface area contributed by atoms with Crippen LogP contribution in [0.15, 0.2) is 22.2 Å². The molecule has 0 aliphatic heterocycles. The van der Waals surface area contributed by atoms with Crippen LogP contribution in [0.2, 0.25) is 0 Å². The fourth-order valence-electron chi connectivity index (χ4n) is 1.78. The minimum atomic E-state index is -0.380. The van der Waals surface area contributed by atoms with Crippen LogP contribution in [0.5, 0.6) is 11.5 Å². The maximum absolute atomic E-state index is 11.9. The van der Waals surface area contributed by atoms with E-state index in [-0.39, 0.29) is 11.5 Å². The second-order valence-corrected chi connectivity index (χ2v) is 5.25. The van der Waals surface area contributed by atoms with E-state index in [1.54, 1.807) is 19.2 Å². The molecule has 6 heteroatoms. The van der Waals surface area contributed by atoms with Gasteiger partial charge in [-0.05, 0) is 53.0 Å². The molecule has 5 nitrogen and oxygen atoms in total. The Morgan fingerprint density at radius 1 is 1.45 bits per heavy atom. The minimum absolute atomic E-state index is 0.0490. The van der Waals surface area contributed by atoms with Gasteiger partial charge in [-0.2, -0.15) is 5.26 Å². The molecule has 0 atom stereocenters. The standard InChI is InChI=1S/C16H19BrN2O3/c1-4-6-19-16(20)12(10-18)7-11-8-13(17)15(21-3)14(9-11)22-5-2/h7-9H,4-6H2,1-3H3,(H,19,20)/b12-7+. The van der Waals surface area contributed by atoms with Gasteiger partial charge in [0.05, 0.1) is 18.2 Å². The highest BCUT2D eigenvalue weighted by Gasteiger charge is 2.13. The second kappa shape index (κ2) is 9.11. The minimum Gasteiger partial charge on any atom is -0.492 e. The summed E-state index contributed by atoms with van der Waals surface area (Å²) in [5, 5.41) is 11.8. The quantitative estimate of drug-likeness (QED) is 0.593. The van der Waals surface area contributed by atoms with Gasteiger partial charge in [0, 0.05) is 6.54 Å². The summed E-state index contributed by atoms with van der Waals surface area (Å²) in [5.41, 5.74) is 0.729. The van der Waals surface area contributed by atoms with Gasteiger partial charge in [-0.15, -0.1) is 0 Å². The largest absolute Gasteiger partial charge is 0.492 e. The van der Waals surface area contributed by atoms with Crippen LogP contribution in [0, 0.1) is 11.3 Å². The average molecular weight is 367 g/mol. The first-order valence-corrected chi connectivity index (χ1v) is 7.76. The number of carbonyl (C=O) groups is 1. The molecule has 0 aromatic heterocycles. The monoisotopic (exact) mass is 366 g/mol. The fourth-order valence-corrected chi connectivity index (χ4v) is 2.40. The topological polar surface area (TPSA) is 71.4 Å². The molecule has 1 N–H and O–H groups in total. The molecule has 0 bridgehead atoms. The average Bonchev–Trinajstić information content (AvgIpc) is 2.50. The van der Waals surface area contributed by atoms with Gasteiger partial charge in [0.25, 0.3) is 5.91 Å². The van der Waals surface area contributed by atoms with Crippen molar-refractivity contribution >= 4 is 27.9 Å². The highest BCUT2D eigenvalue weighted by atomic mass is 79.9. The summed E-state index contributed by atoms with van der Waals surface area (Å²) in [5.74, 6) is 0.749. The fraction of sp³-hybridized carbons (Fsp3) is 0.375. The number of nitrogens with one attached hydrogen (secondary N) is 1. The van der Waals surface area contributed by atoms with Crippen LogP contribution >= 0.6 is 15.9 Å². The summed E-state index contributed by atoms with van der Waals surface area (Å²) in [6.45, 7) is 4.84. The first-order valence-electron chi connectivity index (χ1n) is 6.97. The van der Waals surface area contributed by atoms with Crippen molar-refractivity contribution in [3.8, 4) is 17.6 Å². The van der Waals surface area contributed by atoms with Crippen LogP contribution in [0.1, 0.15) is 25.8 Å². The van der Waals surface area contributed by atoms with Crippen LogP contribution < -0.4 is 14.8 Å². The molecule has 1 rings (SSSR count). The van der Waals surface area contributed by atoms with Crippen molar-refractivity contribution in [3.63, 3.8) is 0 Å². The number of nitriles is 1. The van der Waals surface area contributed by atoms with E-state index in [4.69, 9.17) is 14.7 Å². The maximum atomic E-state index is 11.9. The Bertz CT molecular complexity index is 606. The zero-order chi connectivity index (χ0) is 16.5. The van der Waals surface area contributed by atoms with E-state index < -0.39 is 0 Å². The first kappa shape index (κ1) is 18.1. The van der Waals surface area contributed by atoms with Crippen LogP contribution in [0.3, 0.4) is 0 Å². The summed E-state index contributed by atoms with van der Waals surface area (Å²) in [6, 6.07) is 5.42. The molecule has 0 saturated carbocycles. The lowest BCUT2D eigenvalue weighted by Gasteiger charge is -2.12. The van der Waals surface area contributed by atoms with Crippen molar-refractivity contribution in [2.75, 3.05) is 20.3 Å². The zero-order valence-electron chi connectivity index (χ0n) is 12.9. The number of nitrogens with zero attached hydrogens (tertiary/aromatic N) is 1. The number of ether oxygens (including phenoxy) is 2. The Labute approximate surface area is 139 Å². The van der Waals surface area contributed by atoms with Crippen LogP contribution in [0.25, 0.3) is 6.08 Å². The summed E-state index contributed by atoms with van der Waals surface area (Å²) in [4.78, 5) is 11.9. The molecule has 0 unspecified atom stereocenters. The van der Waals surface area contributed by atoms with Gasteiger partial charge in [-0.3, -0.25) is 4.79 Å².